The van der Waals surface area contributed by atoms with E-state index in [2.05, 4.69) is 22.7 Å². The maximum Gasteiger partial charge on any atom is 0.341 e. The first kappa shape index (κ1) is 19.8. The molecule has 0 aliphatic heterocycles. The SMILES string of the molecule is COC(=O)c1c(NC(=S)NCCCn2ccc(C)n2)sc2c1CCC(C)C2. The molecular formula is C19H26N4O2S2. The van der Waals surface area contributed by atoms with Gasteiger partial charge in [0.2, 0.25) is 0 Å². The molecule has 3 rings (SSSR count). The lowest BCUT2D eigenvalue weighted by Gasteiger charge is -2.18. The van der Waals surface area contributed by atoms with Crippen LogP contribution in [0.1, 0.15) is 46.3 Å². The zero-order valence-corrected chi connectivity index (χ0v) is 17.6. The summed E-state index contributed by atoms with van der Waals surface area (Å²) >= 11 is 7.05. The Kier molecular flexibility index (Phi) is 6.49. The summed E-state index contributed by atoms with van der Waals surface area (Å²) in [4.78, 5) is 13.6. The van der Waals surface area contributed by atoms with Crippen LogP contribution in [0, 0.1) is 12.8 Å². The summed E-state index contributed by atoms with van der Waals surface area (Å²) in [6, 6.07) is 1.99. The molecule has 8 heteroatoms. The summed E-state index contributed by atoms with van der Waals surface area (Å²) < 4.78 is 6.94. The van der Waals surface area contributed by atoms with Crippen molar-refractivity contribution >= 4 is 39.6 Å². The van der Waals surface area contributed by atoms with Gasteiger partial charge in [-0.2, -0.15) is 5.10 Å². The fraction of sp³-hybridized carbons (Fsp3) is 0.526. The topological polar surface area (TPSA) is 68.2 Å². The molecule has 2 aromatic heterocycles. The lowest BCUT2D eigenvalue weighted by atomic mass is 9.88. The standard InChI is InChI=1S/C19H26N4O2S2/c1-12-5-6-14-15(11-12)27-17(16(14)18(24)25-3)21-19(26)20-8-4-9-23-10-7-13(2)22-23/h7,10,12H,4-6,8-9,11H2,1-3H3,(H2,20,21,26). The van der Waals surface area contributed by atoms with E-state index in [1.54, 1.807) is 11.3 Å². The molecule has 0 bridgehead atoms. The molecule has 6 nitrogen and oxygen atoms in total. The van der Waals surface area contributed by atoms with Crippen LogP contribution in [0.25, 0.3) is 0 Å². The number of anilines is 1. The summed E-state index contributed by atoms with van der Waals surface area (Å²) in [5.41, 5.74) is 2.80. The number of nitrogens with zero attached hydrogens (tertiary/aromatic N) is 2. The molecular weight excluding hydrogens is 380 g/mol. The van der Waals surface area contributed by atoms with Crippen molar-refractivity contribution in [1.29, 1.82) is 0 Å². The van der Waals surface area contributed by atoms with Crippen molar-refractivity contribution in [3.63, 3.8) is 0 Å². The quantitative estimate of drug-likeness (QED) is 0.434. The minimum absolute atomic E-state index is 0.290. The van der Waals surface area contributed by atoms with E-state index in [1.165, 1.54) is 12.0 Å². The van der Waals surface area contributed by atoms with E-state index in [4.69, 9.17) is 17.0 Å². The zero-order chi connectivity index (χ0) is 19.4. The van der Waals surface area contributed by atoms with Gasteiger partial charge in [0.05, 0.1) is 18.4 Å². The first-order chi connectivity index (χ1) is 13.0. The van der Waals surface area contributed by atoms with Gasteiger partial charge in [0, 0.05) is 24.2 Å². The van der Waals surface area contributed by atoms with Crippen LogP contribution < -0.4 is 10.6 Å². The van der Waals surface area contributed by atoms with Crippen LogP contribution in [-0.2, 0) is 24.1 Å². The van der Waals surface area contributed by atoms with Gasteiger partial charge in [0.25, 0.3) is 0 Å². The second-order valence-corrected chi connectivity index (χ2v) is 8.52. The van der Waals surface area contributed by atoms with E-state index in [0.717, 1.165) is 55.0 Å². The Labute approximate surface area is 169 Å². The minimum Gasteiger partial charge on any atom is -0.465 e. The van der Waals surface area contributed by atoms with Gasteiger partial charge in [-0.15, -0.1) is 11.3 Å². The largest absolute Gasteiger partial charge is 0.465 e. The van der Waals surface area contributed by atoms with E-state index in [-0.39, 0.29) is 5.97 Å². The van der Waals surface area contributed by atoms with Crippen LogP contribution >= 0.6 is 23.6 Å². The van der Waals surface area contributed by atoms with Crippen molar-refractivity contribution in [2.45, 2.75) is 46.1 Å². The van der Waals surface area contributed by atoms with E-state index >= 15 is 0 Å². The van der Waals surface area contributed by atoms with Gasteiger partial charge in [0.15, 0.2) is 5.11 Å². The molecule has 27 heavy (non-hydrogen) atoms. The molecule has 0 spiro atoms. The lowest BCUT2D eigenvalue weighted by molar-refractivity contribution is 0.0601. The Hall–Kier alpha value is -1.93. The van der Waals surface area contributed by atoms with E-state index in [9.17, 15) is 4.79 Å². The number of thiocarbonyl (C=S) groups is 1. The molecule has 0 saturated heterocycles. The summed E-state index contributed by atoms with van der Waals surface area (Å²) in [6.07, 6.45) is 5.91. The van der Waals surface area contributed by atoms with Gasteiger partial charge >= 0.3 is 5.97 Å². The van der Waals surface area contributed by atoms with Gasteiger partial charge in [-0.05, 0) is 62.4 Å². The summed E-state index contributed by atoms with van der Waals surface area (Å²) in [7, 11) is 1.43. The molecule has 0 saturated carbocycles. The minimum atomic E-state index is -0.290. The second kappa shape index (κ2) is 8.84. The third-order valence-electron chi connectivity index (χ3n) is 4.75. The number of hydrogen-bond donors (Lipinski definition) is 2. The number of aryl methyl sites for hydroxylation is 2. The Morgan fingerprint density at radius 1 is 1.52 bits per heavy atom. The number of ether oxygens (including phenoxy) is 1. The fourth-order valence-corrected chi connectivity index (χ4v) is 5.01. The summed E-state index contributed by atoms with van der Waals surface area (Å²) in [5, 5.41) is 12.1. The number of aromatic nitrogens is 2. The Morgan fingerprint density at radius 3 is 3.04 bits per heavy atom. The first-order valence-electron chi connectivity index (χ1n) is 9.25. The Morgan fingerprint density at radius 2 is 2.33 bits per heavy atom. The van der Waals surface area contributed by atoms with Crippen LogP contribution in [0.2, 0.25) is 0 Å². The zero-order valence-electron chi connectivity index (χ0n) is 16.0. The number of methoxy groups -OCH3 is 1. The highest BCUT2D eigenvalue weighted by molar-refractivity contribution is 7.80. The number of hydrogen-bond acceptors (Lipinski definition) is 5. The average molecular weight is 407 g/mol. The number of carbonyl (C=O) groups is 1. The molecule has 2 aromatic rings. The highest BCUT2D eigenvalue weighted by Gasteiger charge is 2.28. The van der Waals surface area contributed by atoms with Crippen molar-refractivity contribution in [3.05, 3.63) is 34.0 Å². The highest BCUT2D eigenvalue weighted by atomic mass is 32.1. The van der Waals surface area contributed by atoms with Gasteiger partial charge in [-0.3, -0.25) is 4.68 Å². The summed E-state index contributed by atoms with van der Waals surface area (Å²) in [6.45, 7) is 5.80. The molecule has 1 unspecified atom stereocenters. The van der Waals surface area contributed by atoms with Crippen LogP contribution in [-0.4, -0.2) is 34.5 Å². The van der Waals surface area contributed by atoms with Crippen molar-refractivity contribution in [1.82, 2.24) is 15.1 Å². The fourth-order valence-electron chi connectivity index (χ4n) is 3.33. The molecule has 146 valence electrons. The van der Waals surface area contributed by atoms with Gasteiger partial charge in [0.1, 0.15) is 5.00 Å². The van der Waals surface area contributed by atoms with Crippen molar-refractivity contribution in [3.8, 4) is 0 Å². The number of esters is 1. The average Bonchev–Trinajstić information content (AvgIpc) is 3.20. The van der Waals surface area contributed by atoms with Crippen LogP contribution in [0.5, 0.6) is 0 Å². The van der Waals surface area contributed by atoms with Crippen LogP contribution in [0.3, 0.4) is 0 Å². The number of fused-ring (bicyclic) bond motifs is 1. The molecule has 0 aromatic carbocycles. The van der Waals surface area contributed by atoms with Gasteiger partial charge in [-0.1, -0.05) is 6.92 Å². The van der Waals surface area contributed by atoms with Crippen molar-refractivity contribution in [2.24, 2.45) is 5.92 Å². The predicted octanol–water partition coefficient (Wildman–Crippen LogP) is 3.54. The molecule has 1 aliphatic carbocycles. The van der Waals surface area contributed by atoms with E-state index in [1.807, 2.05) is 23.9 Å². The Balaban J connectivity index is 1.59. The predicted molar refractivity (Wildman–Crippen MR) is 113 cm³/mol. The third-order valence-corrected chi connectivity index (χ3v) is 6.17. The monoisotopic (exact) mass is 406 g/mol. The number of nitrogens with one attached hydrogen (secondary N) is 2. The van der Waals surface area contributed by atoms with E-state index in [0.29, 0.717) is 16.6 Å². The normalized spacial score (nSPS) is 15.9. The third kappa shape index (κ3) is 4.87. The second-order valence-electron chi connectivity index (χ2n) is 7.00. The lowest BCUT2D eigenvalue weighted by Crippen LogP contribution is -2.30. The van der Waals surface area contributed by atoms with Gasteiger partial charge < -0.3 is 15.4 Å². The maximum absolute atomic E-state index is 12.3. The molecule has 2 N–H and O–H groups in total. The molecule has 0 amide bonds. The molecule has 1 atom stereocenters. The highest BCUT2D eigenvalue weighted by Crippen LogP contribution is 2.39. The first-order valence-corrected chi connectivity index (χ1v) is 10.5. The summed E-state index contributed by atoms with van der Waals surface area (Å²) in [5.74, 6) is 0.354. The Bertz CT molecular complexity index is 828. The molecule has 1 aliphatic rings. The van der Waals surface area contributed by atoms with Crippen LogP contribution in [0.4, 0.5) is 5.00 Å². The number of thiophene rings is 1. The van der Waals surface area contributed by atoms with Gasteiger partial charge in [-0.25, -0.2) is 4.79 Å². The van der Waals surface area contributed by atoms with E-state index < -0.39 is 0 Å². The number of rotatable bonds is 6. The number of carbonyl (C=O) groups excluding carboxylic acids is 1. The van der Waals surface area contributed by atoms with Crippen LogP contribution in [0.15, 0.2) is 12.3 Å². The van der Waals surface area contributed by atoms with Crippen molar-refractivity contribution in [2.75, 3.05) is 19.0 Å². The molecule has 0 fully saturated rings. The molecule has 2 heterocycles. The smallest absolute Gasteiger partial charge is 0.341 e. The van der Waals surface area contributed by atoms with Crippen molar-refractivity contribution < 1.29 is 9.53 Å². The molecule has 0 radical (unpaired) electrons. The maximum atomic E-state index is 12.3.